The molecule has 4 heteroatoms. The molecule has 2 unspecified atom stereocenters. The van der Waals surface area contributed by atoms with Gasteiger partial charge in [-0.1, -0.05) is 49.7 Å². The first-order valence-corrected chi connectivity index (χ1v) is 9.22. The number of pyridine rings is 1. The molecule has 0 aliphatic carbocycles. The molecule has 2 aromatic rings. The highest BCUT2D eigenvalue weighted by atomic mass is 15.3. The van der Waals surface area contributed by atoms with Gasteiger partial charge in [0.05, 0.1) is 12.2 Å². The van der Waals surface area contributed by atoms with Crippen LogP contribution in [0, 0.1) is 5.92 Å². The number of aliphatic imine (C=N–C) groups is 1. The summed E-state index contributed by atoms with van der Waals surface area (Å²) in [5.41, 5.74) is 2.51. The standard InChI is InChI=1S/C21H28N4/c1-3-17-16-25(14-12-20(17)18-9-5-4-6-10-18)21(22-2)24-15-19-11-7-8-13-23-19/h4-11,13,17,20H,3,12,14-16H2,1-2H3,(H,22,24). The molecule has 25 heavy (non-hydrogen) atoms. The van der Waals surface area contributed by atoms with Crippen LogP contribution in [0.2, 0.25) is 0 Å². The summed E-state index contributed by atoms with van der Waals surface area (Å²) in [6, 6.07) is 17.0. The second-order valence-corrected chi connectivity index (χ2v) is 6.64. The molecule has 3 rings (SSSR count). The van der Waals surface area contributed by atoms with E-state index in [4.69, 9.17) is 0 Å². The van der Waals surface area contributed by atoms with E-state index in [9.17, 15) is 0 Å². The lowest BCUT2D eigenvalue weighted by Gasteiger charge is -2.40. The lowest BCUT2D eigenvalue weighted by molar-refractivity contribution is 0.215. The van der Waals surface area contributed by atoms with Crippen LogP contribution in [-0.2, 0) is 6.54 Å². The van der Waals surface area contributed by atoms with Crippen LogP contribution >= 0.6 is 0 Å². The highest BCUT2D eigenvalue weighted by Gasteiger charge is 2.30. The van der Waals surface area contributed by atoms with Crippen molar-refractivity contribution in [1.29, 1.82) is 0 Å². The summed E-state index contributed by atoms with van der Waals surface area (Å²) < 4.78 is 0. The smallest absolute Gasteiger partial charge is 0.193 e. The molecule has 1 aliphatic rings. The molecule has 1 fully saturated rings. The first-order valence-electron chi connectivity index (χ1n) is 9.22. The second-order valence-electron chi connectivity index (χ2n) is 6.64. The Morgan fingerprint density at radius 2 is 2.00 bits per heavy atom. The molecule has 4 nitrogen and oxygen atoms in total. The summed E-state index contributed by atoms with van der Waals surface area (Å²) in [5.74, 6) is 2.29. The average molecular weight is 336 g/mol. The largest absolute Gasteiger partial charge is 0.351 e. The van der Waals surface area contributed by atoms with Crippen LogP contribution in [0.15, 0.2) is 59.7 Å². The molecule has 2 atom stereocenters. The summed E-state index contributed by atoms with van der Waals surface area (Å²) in [6.45, 7) is 5.10. The Balaban J connectivity index is 1.63. The third kappa shape index (κ3) is 4.38. The third-order valence-corrected chi connectivity index (χ3v) is 5.15. The quantitative estimate of drug-likeness (QED) is 0.684. The van der Waals surface area contributed by atoms with E-state index < -0.39 is 0 Å². The molecule has 0 radical (unpaired) electrons. The molecule has 0 bridgehead atoms. The first-order chi connectivity index (χ1) is 12.3. The van der Waals surface area contributed by atoms with E-state index in [0.29, 0.717) is 18.4 Å². The van der Waals surface area contributed by atoms with Gasteiger partial charge in [0.2, 0.25) is 0 Å². The molecular weight excluding hydrogens is 308 g/mol. The molecule has 1 aliphatic heterocycles. The number of benzene rings is 1. The van der Waals surface area contributed by atoms with E-state index in [-0.39, 0.29) is 0 Å². The molecule has 1 aromatic heterocycles. The van der Waals surface area contributed by atoms with Gasteiger partial charge in [-0.2, -0.15) is 0 Å². The number of guanidine groups is 1. The number of nitrogens with one attached hydrogen (secondary N) is 1. The number of aromatic nitrogens is 1. The molecule has 0 saturated carbocycles. The number of nitrogens with zero attached hydrogens (tertiary/aromatic N) is 3. The van der Waals surface area contributed by atoms with Crippen molar-refractivity contribution in [3.05, 3.63) is 66.0 Å². The van der Waals surface area contributed by atoms with Gasteiger partial charge in [-0.3, -0.25) is 9.98 Å². The van der Waals surface area contributed by atoms with E-state index in [1.54, 1.807) is 0 Å². The Labute approximate surface area is 151 Å². The SMILES string of the molecule is CCC1CN(C(=NC)NCc2ccccn2)CCC1c1ccccc1. The summed E-state index contributed by atoms with van der Waals surface area (Å²) in [6.07, 6.45) is 4.19. The maximum Gasteiger partial charge on any atom is 0.193 e. The van der Waals surface area contributed by atoms with Crippen LogP contribution in [0.25, 0.3) is 0 Å². The number of likely N-dealkylation sites (tertiary alicyclic amines) is 1. The van der Waals surface area contributed by atoms with Crippen molar-refractivity contribution in [1.82, 2.24) is 15.2 Å². The summed E-state index contributed by atoms with van der Waals surface area (Å²) in [7, 11) is 1.87. The molecule has 0 spiro atoms. The van der Waals surface area contributed by atoms with E-state index in [0.717, 1.165) is 24.7 Å². The summed E-state index contributed by atoms with van der Waals surface area (Å²) in [4.78, 5) is 11.3. The zero-order chi connectivity index (χ0) is 17.5. The molecule has 2 heterocycles. The third-order valence-electron chi connectivity index (χ3n) is 5.15. The molecule has 1 aromatic carbocycles. The van der Waals surface area contributed by atoms with Gasteiger partial charge in [0.1, 0.15) is 0 Å². The predicted octanol–water partition coefficient (Wildman–Crippen LogP) is 3.67. The Morgan fingerprint density at radius 3 is 2.68 bits per heavy atom. The van der Waals surface area contributed by atoms with E-state index >= 15 is 0 Å². The Bertz CT molecular complexity index is 669. The van der Waals surface area contributed by atoms with Crippen molar-refractivity contribution in [3.63, 3.8) is 0 Å². The van der Waals surface area contributed by atoms with Gasteiger partial charge in [0, 0.05) is 26.3 Å². The van der Waals surface area contributed by atoms with Crippen molar-refractivity contribution < 1.29 is 0 Å². The minimum atomic E-state index is 0.649. The lowest BCUT2D eigenvalue weighted by atomic mass is 9.79. The van der Waals surface area contributed by atoms with Crippen LogP contribution < -0.4 is 5.32 Å². The Hall–Kier alpha value is -2.36. The molecular formula is C21H28N4. The minimum absolute atomic E-state index is 0.649. The Kier molecular flexibility index (Phi) is 6.04. The predicted molar refractivity (Wildman–Crippen MR) is 104 cm³/mol. The van der Waals surface area contributed by atoms with Gasteiger partial charge in [-0.05, 0) is 36.0 Å². The zero-order valence-electron chi connectivity index (χ0n) is 15.2. The fraction of sp³-hybridized carbons (Fsp3) is 0.429. The fourth-order valence-electron chi connectivity index (χ4n) is 3.78. The van der Waals surface area contributed by atoms with E-state index in [1.165, 1.54) is 18.4 Å². The lowest BCUT2D eigenvalue weighted by Crippen LogP contribution is -2.48. The van der Waals surface area contributed by atoms with Crippen LogP contribution in [0.5, 0.6) is 0 Å². The average Bonchev–Trinajstić information content (AvgIpc) is 2.69. The molecule has 132 valence electrons. The van der Waals surface area contributed by atoms with Crippen LogP contribution in [-0.4, -0.2) is 36.0 Å². The number of hydrogen-bond acceptors (Lipinski definition) is 2. The van der Waals surface area contributed by atoms with Crippen molar-refractivity contribution >= 4 is 5.96 Å². The minimum Gasteiger partial charge on any atom is -0.351 e. The first kappa shape index (κ1) is 17.5. The van der Waals surface area contributed by atoms with Crippen LogP contribution in [0.4, 0.5) is 0 Å². The molecule has 1 N–H and O–H groups in total. The van der Waals surface area contributed by atoms with Gasteiger partial charge in [0.25, 0.3) is 0 Å². The summed E-state index contributed by atoms with van der Waals surface area (Å²) >= 11 is 0. The van der Waals surface area contributed by atoms with Crippen molar-refractivity contribution in [2.45, 2.75) is 32.2 Å². The Morgan fingerprint density at radius 1 is 1.20 bits per heavy atom. The van der Waals surface area contributed by atoms with Crippen LogP contribution in [0.1, 0.15) is 36.9 Å². The highest BCUT2D eigenvalue weighted by molar-refractivity contribution is 5.80. The summed E-state index contributed by atoms with van der Waals surface area (Å²) in [5, 5.41) is 3.47. The van der Waals surface area contributed by atoms with Crippen molar-refractivity contribution in [2.75, 3.05) is 20.1 Å². The highest BCUT2D eigenvalue weighted by Crippen LogP contribution is 2.34. The molecule has 1 saturated heterocycles. The van der Waals surface area contributed by atoms with Gasteiger partial charge in [0.15, 0.2) is 5.96 Å². The van der Waals surface area contributed by atoms with E-state index in [1.807, 2.05) is 31.4 Å². The second kappa shape index (κ2) is 8.65. The maximum absolute atomic E-state index is 4.50. The monoisotopic (exact) mass is 336 g/mol. The van der Waals surface area contributed by atoms with Gasteiger partial charge in [-0.15, -0.1) is 0 Å². The van der Waals surface area contributed by atoms with Crippen molar-refractivity contribution in [2.24, 2.45) is 10.9 Å². The molecule has 0 amide bonds. The number of rotatable bonds is 4. The number of hydrogen-bond donors (Lipinski definition) is 1. The topological polar surface area (TPSA) is 40.5 Å². The van der Waals surface area contributed by atoms with E-state index in [2.05, 4.69) is 57.4 Å². The fourth-order valence-corrected chi connectivity index (χ4v) is 3.78. The van der Waals surface area contributed by atoms with Crippen molar-refractivity contribution in [3.8, 4) is 0 Å². The normalized spacial score (nSPS) is 21.2. The zero-order valence-corrected chi connectivity index (χ0v) is 15.2. The number of piperidine rings is 1. The van der Waals surface area contributed by atoms with Gasteiger partial charge >= 0.3 is 0 Å². The van der Waals surface area contributed by atoms with Gasteiger partial charge in [-0.25, -0.2) is 0 Å². The maximum atomic E-state index is 4.50. The van der Waals surface area contributed by atoms with Gasteiger partial charge < -0.3 is 10.2 Å². The van der Waals surface area contributed by atoms with Crippen LogP contribution in [0.3, 0.4) is 0 Å².